The summed E-state index contributed by atoms with van der Waals surface area (Å²) in [5.41, 5.74) is 7.63. The van der Waals surface area contributed by atoms with Crippen molar-refractivity contribution in [1.29, 1.82) is 0 Å². The molecule has 2 heteroatoms. The van der Waals surface area contributed by atoms with Gasteiger partial charge in [0.1, 0.15) is 0 Å². The molecule has 0 saturated heterocycles. The van der Waals surface area contributed by atoms with E-state index in [0.29, 0.717) is 0 Å². The van der Waals surface area contributed by atoms with Crippen LogP contribution in [0.2, 0.25) is 0 Å². The summed E-state index contributed by atoms with van der Waals surface area (Å²) in [6.45, 7) is 1.06. The molecule has 1 heterocycles. The van der Waals surface area contributed by atoms with E-state index >= 15 is 0 Å². The van der Waals surface area contributed by atoms with Crippen LogP contribution in [0.3, 0.4) is 0 Å². The SMILES string of the molecule is CN(CCc1ccccc1)c1cc2c(c3c1ccn3C)C1CCC2C1. The van der Waals surface area contributed by atoms with Crippen molar-refractivity contribution in [1.82, 2.24) is 4.57 Å². The van der Waals surface area contributed by atoms with Crippen LogP contribution in [0.4, 0.5) is 5.69 Å². The van der Waals surface area contributed by atoms with Crippen LogP contribution < -0.4 is 4.90 Å². The number of benzene rings is 2. The summed E-state index contributed by atoms with van der Waals surface area (Å²) in [6.07, 6.45) is 7.50. The molecule has 25 heavy (non-hydrogen) atoms. The second kappa shape index (κ2) is 5.66. The Balaban J connectivity index is 1.53. The zero-order valence-corrected chi connectivity index (χ0v) is 15.2. The highest BCUT2D eigenvalue weighted by Crippen LogP contribution is 2.56. The van der Waals surface area contributed by atoms with E-state index < -0.39 is 0 Å². The molecule has 1 aromatic heterocycles. The van der Waals surface area contributed by atoms with Gasteiger partial charge in [0.2, 0.25) is 0 Å². The van der Waals surface area contributed by atoms with E-state index in [1.165, 1.54) is 41.4 Å². The standard InChI is InChI=1S/C23H26N2/c1-24(12-10-16-6-4-3-5-7-16)21-15-20-17-8-9-18(14-17)22(20)23-19(21)11-13-25(23)2/h3-7,11,13,15,17-18H,8-10,12,14H2,1-2H3. The molecule has 0 radical (unpaired) electrons. The first-order chi connectivity index (χ1) is 12.2. The van der Waals surface area contributed by atoms with E-state index in [4.69, 9.17) is 0 Å². The topological polar surface area (TPSA) is 8.17 Å². The third-order valence-corrected chi connectivity index (χ3v) is 6.48. The van der Waals surface area contributed by atoms with Crippen LogP contribution in [0.25, 0.3) is 10.9 Å². The summed E-state index contributed by atoms with van der Waals surface area (Å²) < 4.78 is 2.35. The third-order valence-electron chi connectivity index (χ3n) is 6.48. The maximum Gasteiger partial charge on any atom is 0.0536 e. The lowest BCUT2D eigenvalue weighted by Gasteiger charge is -2.25. The summed E-state index contributed by atoms with van der Waals surface area (Å²) in [5.74, 6) is 1.61. The number of hydrogen-bond donors (Lipinski definition) is 0. The molecular weight excluding hydrogens is 304 g/mol. The van der Waals surface area contributed by atoms with Gasteiger partial charge in [-0.15, -0.1) is 0 Å². The van der Waals surface area contributed by atoms with Crippen LogP contribution in [-0.2, 0) is 13.5 Å². The summed E-state index contributed by atoms with van der Waals surface area (Å²) in [5, 5.41) is 1.43. The zero-order chi connectivity index (χ0) is 17.0. The lowest BCUT2D eigenvalue weighted by molar-refractivity contribution is 0.717. The van der Waals surface area contributed by atoms with E-state index in [9.17, 15) is 0 Å². The predicted octanol–water partition coefficient (Wildman–Crippen LogP) is 5.22. The summed E-state index contributed by atoms with van der Waals surface area (Å²) in [6, 6.07) is 15.7. The fraction of sp³-hybridized carbons (Fsp3) is 0.391. The van der Waals surface area contributed by atoms with Crippen LogP contribution in [0.5, 0.6) is 0 Å². The number of likely N-dealkylation sites (N-methyl/N-ethyl adjacent to an activating group) is 1. The van der Waals surface area contributed by atoms with E-state index in [2.05, 4.69) is 72.2 Å². The van der Waals surface area contributed by atoms with Crippen molar-refractivity contribution < 1.29 is 0 Å². The van der Waals surface area contributed by atoms with E-state index in [-0.39, 0.29) is 0 Å². The molecule has 128 valence electrons. The van der Waals surface area contributed by atoms with Gasteiger partial charge < -0.3 is 9.47 Å². The van der Waals surface area contributed by atoms with Gasteiger partial charge in [0.25, 0.3) is 0 Å². The molecule has 0 spiro atoms. The van der Waals surface area contributed by atoms with Gasteiger partial charge in [-0.25, -0.2) is 0 Å². The number of rotatable bonds is 4. The summed E-state index contributed by atoms with van der Waals surface area (Å²) in [7, 11) is 4.46. The number of aryl methyl sites for hydroxylation is 1. The number of nitrogens with zero attached hydrogens (tertiary/aromatic N) is 2. The van der Waals surface area contributed by atoms with Crippen molar-refractivity contribution in [3.63, 3.8) is 0 Å². The van der Waals surface area contributed by atoms with Gasteiger partial charge in [0.05, 0.1) is 5.52 Å². The van der Waals surface area contributed by atoms with E-state index in [1.54, 1.807) is 11.1 Å². The highest BCUT2D eigenvalue weighted by molar-refractivity contribution is 5.97. The smallest absolute Gasteiger partial charge is 0.0536 e. The molecule has 5 rings (SSSR count). The highest BCUT2D eigenvalue weighted by atomic mass is 15.1. The first-order valence-electron chi connectivity index (χ1n) is 9.59. The average Bonchev–Trinajstić information content (AvgIpc) is 3.35. The van der Waals surface area contributed by atoms with Crippen LogP contribution in [0.15, 0.2) is 48.7 Å². The molecule has 2 nitrogen and oxygen atoms in total. The van der Waals surface area contributed by atoms with Crippen LogP contribution >= 0.6 is 0 Å². The number of fused-ring (bicyclic) bond motifs is 7. The van der Waals surface area contributed by atoms with Crippen molar-refractivity contribution in [3.05, 3.63) is 65.4 Å². The number of hydrogen-bond acceptors (Lipinski definition) is 1. The molecule has 2 aliphatic carbocycles. The Labute approximate surface area is 150 Å². The molecule has 1 fully saturated rings. The zero-order valence-electron chi connectivity index (χ0n) is 15.2. The molecule has 3 aromatic rings. The molecule has 0 aliphatic heterocycles. The lowest BCUT2D eigenvalue weighted by atomic mass is 9.89. The van der Waals surface area contributed by atoms with Gasteiger partial charge in [-0.3, -0.25) is 0 Å². The Bertz CT molecular complexity index is 922. The Morgan fingerprint density at radius 1 is 1.08 bits per heavy atom. The molecular formula is C23H26N2. The quantitative estimate of drug-likeness (QED) is 0.636. The van der Waals surface area contributed by atoms with Gasteiger partial charge in [-0.2, -0.15) is 0 Å². The van der Waals surface area contributed by atoms with Crippen molar-refractivity contribution >= 4 is 16.6 Å². The molecule has 2 bridgehead atoms. The average molecular weight is 330 g/mol. The Morgan fingerprint density at radius 3 is 2.72 bits per heavy atom. The lowest BCUT2D eigenvalue weighted by Crippen LogP contribution is -2.21. The van der Waals surface area contributed by atoms with Crippen molar-refractivity contribution in [3.8, 4) is 0 Å². The molecule has 1 saturated carbocycles. The fourth-order valence-electron chi connectivity index (χ4n) is 5.18. The van der Waals surface area contributed by atoms with Crippen molar-refractivity contribution in [2.45, 2.75) is 37.5 Å². The third kappa shape index (κ3) is 2.31. The second-order valence-electron chi connectivity index (χ2n) is 7.95. The number of anilines is 1. The Kier molecular flexibility index (Phi) is 3.41. The van der Waals surface area contributed by atoms with Crippen LogP contribution in [0.1, 0.15) is 47.8 Å². The minimum absolute atomic E-state index is 0.805. The molecule has 2 unspecified atom stereocenters. The van der Waals surface area contributed by atoms with E-state index in [1.807, 2.05) is 0 Å². The largest absolute Gasteiger partial charge is 0.374 e. The first-order valence-corrected chi connectivity index (χ1v) is 9.59. The van der Waals surface area contributed by atoms with Crippen molar-refractivity contribution in [2.24, 2.45) is 7.05 Å². The summed E-state index contributed by atoms with van der Waals surface area (Å²) in [4.78, 5) is 2.46. The normalized spacial score (nSPS) is 21.0. The van der Waals surface area contributed by atoms with Gasteiger partial charge in [0.15, 0.2) is 0 Å². The maximum absolute atomic E-state index is 2.52. The minimum Gasteiger partial charge on any atom is -0.374 e. The van der Waals surface area contributed by atoms with E-state index in [0.717, 1.165) is 24.8 Å². The highest BCUT2D eigenvalue weighted by Gasteiger charge is 2.39. The van der Waals surface area contributed by atoms with Gasteiger partial charge in [-0.1, -0.05) is 30.3 Å². The van der Waals surface area contributed by atoms with Crippen LogP contribution in [0, 0.1) is 0 Å². The minimum atomic E-state index is 0.805. The van der Waals surface area contributed by atoms with Gasteiger partial charge in [-0.05, 0) is 66.3 Å². The fourth-order valence-corrected chi connectivity index (χ4v) is 5.18. The molecule has 2 aliphatic rings. The van der Waals surface area contributed by atoms with Gasteiger partial charge >= 0.3 is 0 Å². The predicted molar refractivity (Wildman–Crippen MR) is 106 cm³/mol. The first kappa shape index (κ1) is 15.1. The Morgan fingerprint density at radius 2 is 1.88 bits per heavy atom. The monoisotopic (exact) mass is 330 g/mol. The molecule has 2 aromatic carbocycles. The molecule has 0 amide bonds. The number of aromatic nitrogens is 1. The summed E-state index contributed by atoms with van der Waals surface area (Å²) >= 11 is 0. The maximum atomic E-state index is 2.52. The second-order valence-corrected chi connectivity index (χ2v) is 7.95. The van der Waals surface area contributed by atoms with Crippen LogP contribution in [-0.4, -0.2) is 18.2 Å². The Hall–Kier alpha value is -2.22. The molecule has 2 atom stereocenters. The van der Waals surface area contributed by atoms with Gasteiger partial charge in [0, 0.05) is 37.9 Å². The van der Waals surface area contributed by atoms with Crippen molar-refractivity contribution in [2.75, 3.05) is 18.5 Å². The molecule has 0 N–H and O–H groups in total.